The van der Waals surface area contributed by atoms with E-state index in [1.807, 2.05) is 6.92 Å². The number of carbonyl (C=O) groups is 1. The van der Waals surface area contributed by atoms with Crippen LogP contribution in [0.2, 0.25) is 0 Å². The molecule has 0 aromatic heterocycles. The van der Waals surface area contributed by atoms with Crippen LogP contribution in [0.4, 0.5) is 0 Å². The van der Waals surface area contributed by atoms with E-state index in [2.05, 4.69) is 0 Å². The summed E-state index contributed by atoms with van der Waals surface area (Å²) in [7, 11) is 0. The maximum Gasteiger partial charge on any atom is 0.155 e. The summed E-state index contributed by atoms with van der Waals surface area (Å²) in [6.45, 7) is 3.47. The van der Waals surface area contributed by atoms with Gasteiger partial charge in [0.1, 0.15) is 0 Å². The molecule has 4 aliphatic rings. The number of fused-ring (bicyclic) bond motifs is 5. The molecule has 3 fully saturated rings. The van der Waals surface area contributed by atoms with Gasteiger partial charge in [-0.15, -0.1) is 0 Å². The minimum absolute atomic E-state index is 0.00740. The molecular formula is C19H28O3. The molecule has 0 amide bonds. The smallest absolute Gasteiger partial charge is 0.155 e. The Labute approximate surface area is 138 Å². The van der Waals surface area contributed by atoms with Crippen LogP contribution in [0.5, 0.6) is 0 Å². The van der Waals surface area contributed by atoms with Crippen molar-refractivity contribution in [3.63, 3.8) is 0 Å². The van der Waals surface area contributed by atoms with Crippen LogP contribution in [0.25, 0.3) is 0 Å². The molecule has 0 radical (unpaired) electrons. The van der Waals surface area contributed by atoms with Gasteiger partial charge in [0.2, 0.25) is 0 Å². The van der Waals surface area contributed by atoms with Crippen LogP contribution in [0.1, 0.15) is 64.2 Å². The molecule has 0 aliphatic heterocycles. The summed E-state index contributed by atoms with van der Waals surface area (Å²) >= 11 is 0. The third kappa shape index (κ3) is 1.78. The van der Waals surface area contributed by atoms with Gasteiger partial charge >= 0.3 is 0 Å². The van der Waals surface area contributed by atoms with Gasteiger partial charge < -0.3 is 10.2 Å². The van der Waals surface area contributed by atoms with Crippen LogP contribution in [0.3, 0.4) is 0 Å². The van der Waals surface area contributed by atoms with Crippen molar-refractivity contribution in [3.8, 4) is 0 Å². The molecule has 3 nitrogen and oxygen atoms in total. The van der Waals surface area contributed by atoms with Crippen LogP contribution in [0, 0.1) is 28.6 Å². The molecule has 7 atom stereocenters. The van der Waals surface area contributed by atoms with Gasteiger partial charge in [-0.1, -0.05) is 19.4 Å². The summed E-state index contributed by atoms with van der Waals surface area (Å²) in [5, 5.41) is 21.9. The van der Waals surface area contributed by atoms with E-state index >= 15 is 0 Å². The highest BCUT2D eigenvalue weighted by molar-refractivity contribution is 5.91. The van der Waals surface area contributed by atoms with Crippen LogP contribution in [0.15, 0.2) is 11.6 Å². The summed E-state index contributed by atoms with van der Waals surface area (Å²) in [6.07, 6.45) is -1.65. The van der Waals surface area contributed by atoms with Crippen molar-refractivity contribution < 1.29 is 20.5 Å². The zero-order chi connectivity index (χ0) is 19.3. The summed E-state index contributed by atoms with van der Waals surface area (Å²) in [5.41, 5.74) is -1.38. The Kier molecular flexibility index (Phi) is 2.33. The number of aliphatic hydroxyl groups is 2. The van der Waals surface area contributed by atoms with E-state index in [1.165, 1.54) is 0 Å². The van der Waals surface area contributed by atoms with E-state index in [0.717, 1.165) is 5.57 Å². The van der Waals surface area contributed by atoms with Crippen molar-refractivity contribution in [3.05, 3.63) is 11.6 Å². The summed E-state index contributed by atoms with van der Waals surface area (Å²) in [6, 6.07) is 0. The standard InChI is InChI=1S/C19H28O3/c1-18-8-7-12(20)9-11(18)3-4-13-14-5-6-16(22)19(14,2)10-15(21)17(13)18/h9,13-17,21-22H,3-8,10H2,1-2H3/t13?,14?,15-,16-,17+,18-,19-/m0/s1/i10D2,15D,17D. The van der Waals surface area contributed by atoms with E-state index in [4.69, 9.17) is 4.11 Å². The Balaban J connectivity index is 1.96. The number of carbonyl (C=O) groups excluding carboxylic acids is 1. The first-order chi connectivity index (χ1) is 11.9. The Hall–Kier alpha value is -0.670. The molecule has 2 N–H and O–H groups in total. The lowest BCUT2D eigenvalue weighted by Crippen LogP contribution is -2.57. The van der Waals surface area contributed by atoms with Gasteiger partial charge in [0.25, 0.3) is 0 Å². The largest absolute Gasteiger partial charge is 0.393 e. The van der Waals surface area contributed by atoms with Crippen LogP contribution in [-0.4, -0.2) is 28.2 Å². The average Bonchev–Trinajstić information content (AvgIpc) is 2.86. The van der Waals surface area contributed by atoms with Crippen molar-refractivity contribution in [1.82, 2.24) is 0 Å². The van der Waals surface area contributed by atoms with E-state index in [1.54, 1.807) is 13.0 Å². The average molecular weight is 308 g/mol. The molecule has 2 unspecified atom stereocenters. The highest BCUT2D eigenvalue weighted by Gasteiger charge is 2.61. The van der Waals surface area contributed by atoms with Crippen LogP contribution in [-0.2, 0) is 4.79 Å². The number of allylic oxidation sites excluding steroid dienone is 1. The van der Waals surface area contributed by atoms with Gasteiger partial charge in [-0.25, -0.2) is 0 Å². The SMILES string of the molecule is [2H]C1([2H])[C@@]2(C)C(CC[C@@H]2O)C2CCC3=CC(=O)CC[C@]3(C)[C@@]2([2H])[C@@]1([2H])O. The maximum absolute atomic E-state index is 11.9. The molecule has 0 saturated heterocycles. The van der Waals surface area contributed by atoms with E-state index in [0.29, 0.717) is 32.1 Å². The number of rotatable bonds is 0. The minimum Gasteiger partial charge on any atom is -0.393 e. The van der Waals surface area contributed by atoms with Gasteiger partial charge in [0, 0.05) is 10.5 Å². The van der Waals surface area contributed by atoms with Crippen LogP contribution >= 0.6 is 0 Å². The molecule has 0 spiro atoms. The lowest BCUT2D eigenvalue weighted by Gasteiger charge is -2.59. The first kappa shape index (κ1) is 11.0. The van der Waals surface area contributed by atoms with Gasteiger partial charge in [-0.3, -0.25) is 4.79 Å². The highest BCUT2D eigenvalue weighted by atomic mass is 16.3. The third-order valence-electron chi connectivity index (χ3n) is 6.95. The molecule has 4 rings (SSSR count). The minimum atomic E-state index is -2.68. The van der Waals surface area contributed by atoms with Gasteiger partial charge in [-0.05, 0) is 73.1 Å². The molecular weight excluding hydrogens is 276 g/mol. The Bertz CT molecular complexity index is 705. The Morgan fingerprint density at radius 1 is 1.27 bits per heavy atom. The lowest BCUT2D eigenvalue weighted by molar-refractivity contribution is -0.142. The lowest BCUT2D eigenvalue weighted by atomic mass is 9.46. The van der Waals surface area contributed by atoms with Crippen molar-refractivity contribution in [2.24, 2.45) is 28.6 Å². The quantitative estimate of drug-likeness (QED) is 0.723. The zero-order valence-electron chi connectivity index (χ0n) is 17.4. The summed E-state index contributed by atoms with van der Waals surface area (Å²) < 4.78 is 35.7. The van der Waals surface area contributed by atoms with E-state index in [-0.39, 0.29) is 24.0 Å². The fraction of sp³-hybridized carbons (Fsp3) is 0.842. The monoisotopic (exact) mass is 308 g/mol. The predicted octanol–water partition coefficient (Wildman–Crippen LogP) is 2.85. The van der Waals surface area contributed by atoms with Gasteiger partial charge in [0.05, 0.1) is 13.6 Å². The first-order valence-electron chi connectivity index (χ1n) is 10.5. The number of aliphatic hydroxyl groups excluding tert-OH is 1. The molecule has 3 saturated carbocycles. The maximum atomic E-state index is 11.9. The Morgan fingerprint density at radius 3 is 2.82 bits per heavy atom. The van der Waals surface area contributed by atoms with Crippen molar-refractivity contribution in [2.75, 3.05) is 0 Å². The summed E-state index contributed by atoms with van der Waals surface area (Å²) in [5.74, 6) is -2.39. The molecule has 0 heterocycles. The molecule has 0 aromatic carbocycles. The Morgan fingerprint density at radius 2 is 2.05 bits per heavy atom. The van der Waals surface area contributed by atoms with Crippen molar-refractivity contribution in [2.45, 2.75) is 70.9 Å². The number of ketones is 1. The molecule has 22 heavy (non-hydrogen) atoms. The van der Waals surface area contributed by atoms with E-state index in [9.17, 15) is 16.4 Å². The molecule has 122 valence electrons. The second-order valence-electron chi connectivity index (χ2n) is 7.98. The molecule has 3 heteroatoms. The topological polar surface area (TPSA) is 57.5 Å². The number of hydrogen-bond acceptors (Lipinski definition) is 3. The fourth-order valence-electron chi connectivity index (χ4n) is 5.62. The van der Waals surface area contributed by atoms with Crippen molar-refractivity contribution >= 4 is 5.78 Å². The second kappa shape index (κ2) is 4.67. The number of hydrogen-bond donors (Lipinski definition) is 2. The van der Waals surface area contributed by atoms with Crippen LogP contribution < -0.4 is 0 Å². The predicted molar refractivity (Wildman–Crippen MR) is 84.1 cm³/mol. The molecule has 4 aliphatic carbocycles. The molecule has 0 bridgehead atoms. The van der Waals surface area contributed by atoms with E-state index < -0.39 is 35.3 Å². The molecule has 0 aromatic rings. The first-order valence-corrected chi connectivity index (χ1v) is 8.50. The summed E-state index contributed by atoms with van der Waals surface area (Å²) in [4.78, 5) is 11.9. The second-order valence-corrected chi connectivity index (χ2v) is 7.98. The van der Waals surface area contributed by atoms with Gasteiger partial charge in [-0.2, -0.15) is 0 Å². The normalized spacial score (nSPS) is 65.9. The highest BCUT2D eigenvalue weighted by Crippen LogP contribution is 2.65. The third-order valence-corrected chi connectivity index (χ3v) is 6.95. The van der Waals surface area contributed by atoms with Gasteiger partial charge in [0.15, 0.2) is 5.78 Å². The van der Waals surface area contributed by atoms with Crippen molar-refractivity contribution in [1.29, 1.82) is 0 Å². The zero-order valence-corrected chi connectivity index (χ0v) is 13.4. The fourth-order valence-corrected chi connectivity index (χ4v) is 5.62.